The third-order valence-corrected chi connectivity index (χ3v) is 5.01. The molecule has 7 nitrogen and oxygen atoms in total. The van der Waals surface area contributed by atoms with E-state index in [0.29, 0.717) is 30.5 Å². The van der Waals surface area contributed by atoms with E-state index in [1.807, 2.05) is 6.92 Å². The number of carbonyl (C=O) groups excluding carboxylic acids is 1. The Bertz CT molecular complexity index is 1150. The molecule has 1 atom stereocenters. The van der Waals surface area contributed by atoms with E-state index in [1.54, 1.807) is 55.6 Å². The summed E-state index contributed by atoms with van der Waals surface area (Å²) in [7, 11) is 1.54. The van der Waals surface area contributed by atoms with Crippen LogP contribution in [0, 0.1) is 0 Å². The first-order chi connectivity index (χ1) is 14.0. The highest BCUT2D eigenvalue weighted by Gasteiger charge is 2.25. The largest absolute Gasteiger partial charge is 0.383 e. The lowest BCUT2D eigenvalue weighted by atomic mass is 10.1. The van der Waals surface area contributed by atoms with Crippen LogP contribution in [0.2, 0.25) is 5.02 Å². The van der Waals surface area contributed by atoms with Gasteiger partial charge in [-0.1, -0.05) is 42.8 Å². The van der Waals surface area contributed by atoms with Gasteiger partial charge in [0.2, 0.25) is 5.91 Å². The Balaban J connectivity index is 2.29. The van der Waals surface area contributed by atoms with Gasteiger partial charge < -0.3 is 10.1 Å². The number of methoxy groups -OCH3 is 1. The molecule has 0 saturated heterocycles. The van der Waals surface area contributed by atoms with E-state index >= 15 is 0 Å². The summed E-state index contributed by atoms with van der Waals surface area (Å²) in [5.41, 5.74) is -0.419. The summed E-state index contributed by atoms with van der Waals surface area (Å²) >= 11 is 6.27. The number of fused-ring (bicyclic) bond motifs is 1. The van der Waals surface area contributed by atoms with Crippen LogP contribution < -0.4 is 16.6 Å². The molecule has 1 unspecified atom stereocenters. The SMILES string of the molecule is CCC(C(=O)NCCOC)n1c(=O)n(-c2ccccc2Cl)c(=O)c2ccccc21. The Morgan fingerprint density at radius 1 is 1.14 bits per heavy atom. The predicted octanol–water partition coefficient (Wildman–Crippen LogP) is 2.52. The van der Waals surface area contributed by atoms with Crippen LogP contribution in [-0.2, 0) is 9.53 Å². The zero-order chi connectivity index (χ0) is 21.0. The maximum absolute atomic E-state index is 13.5. The minimum Gasteiger partial charge on any atom is -0.383 e. The molecule has 0 aliphatic heterocycles. The molecule has 152 valence electrons. The van der Waals surface area contributed by atoms with Gasteiger partial charge in [0, 0.05) is 13.7 Å². The van der Waals surface area contributed by atoms with Gasteiger partial charge in [-0.15, -0.1) is 0 Å². The van der Waals surface area contributed by atoms with Crippen molar-refractivity contribution in [2.24, 2.45) is 0 Å². The molecule has 3 aromatic rings. The van der Waals surface area contributed by atoms with Crippen molar-refractivity contribution in [1.82, 2.24) is 14.5 Å². The van der Waals surface area contributed by atoms with E-state index in [-0.39, 0.29) is 16.6 Å². The molecule has 0 aliphatic carbocycles. The molecular weight excluding hydrogens is 394 g/mol. The molecule has 29 heavy (non-hydrogen) atoms. The summed E-state index contributed by atoms with van der Waals surface area (Å²) in [4.78, 5) is 39.4. The fraction of sp³-hybridized carbons (Fsp3) is 0.286. The monoisotopic (exact) mass is 415 g/mol. The number of hydrogen-bond acceptors (Lipinski definition) is 4. The van der Waals surface area contributed by atoms with Gasteiger partial charge >= 0.3 is 5.69 Å². The summed E-state index contributed by atoms with van der Waals surface area (Å²) in [6.07, 6.45) is 0.365. The fourth-order valence-corrected chi connectivity index (χ4v) is 3.53. The molecule has 0 aliphatic rings. The molecule has 1 amide bonds. The van der Waals surface area contributed by atoms with E-state index in [4.69, 9.17) is 16.3 Å². The third-order valence-electron chi connectivity index (χ3n) is 4.69. The van der Waals surface area contributed by atoms with E-state index in [1.165, 1.54) is 4.57 Å². The minimum atomic E-state index is -0.793. The van der Waals surface area contributed by atoms with Gasteiger partial charge in [-0.3, -0.25) is 14.2 Å². The highest BCUT2D eigenvalue weighted by molar-refractivity contribution is 6.32. The quantitative estimate of drug-likeness (QED) is 0.601. The molecule has 8 heteroatoms. The topological polar surface area (TPSA) is 82.3 Å². The van der Waals surface area contributed by atoms with E-state index in [2.05, 4.69) is 5.32 Å². The number of para-hydroxylation sites is 2. The van der Waals surface area contributed by atoms with E-state index in [9.17, 15) is 14.4 Å². The standard InChI is InChI=1S/C21H22ClN3O4/c1-3-16(19(26)23-12-13-29-2)24-17-10-6-4-8-14(17)20(27)25(21(24)28)18-11-7-5-9-15(18)22/h4-11,16H,3,12-13H2,1-2H3,(H,23,26). The van der Waals surface area contributed by atoms with Crippen molar-refractivity contribution in [3.05, 3.63) is 74.4 Å². The summed E-state index contributed by atoms with van der Waals surface area (Å²) < 4.78 is 7.35. The number of nitrogens with one attached hydrogen (secondary N) is 1. The molecule has 1 N–H and O–H groups in total. The van der Waals surface area contributed by atoms with Crippen molar-refractivity contribution in [3.8, 4) is 5.69 Å². The van der Waals surface area contributed by atoms with Gasteiger partial charge in [0.25, 0.3) is 5.56 Å². The zero-order valence-electron chi connectivity index (χ0n) is 16.2. The van der Waals surface area contributed by atoms with Crippen molar-refractivity contribution >= 4 is 28.4 Å². The van der Waals surface area contributed by atoms with Gasteiger partial charge in [-0.05, 0) is 30.7 Å². The molecule has 0 bridgehead atoms. The second-order valence-corrected chi connectivity index (χ2v) is 6.88. The van der Waals surface area contributed by atoms with Crippen molar-refractivity contribution < 1.29 is 9.53 Å². The van der Waals surface area contributed by atoms with Crippen LogP contribution >= 0.6 is 11.6 Å². The van der Waals surface area contributed by atoms with Crippen LogP contribution in [0.3, 0.4) is 0 Å². The van der Waals surface area contributed by atoms with Gasteiger partial charge in [-0.2, -0.15) is 0 Å². The van der Waals surface area contributed by atoms with Crippen molar-refractivity contribution in [2.45, 2.75) is 19.4 Å². The number of hydrogen-bond donors (Lipinski definition) is 1. The van der Waals surface area contributed by atoms with Crippen LogP contribution in [-0.4, -0.2) is 35.3 Å². The first-order valence-electron chi connectivity index (χ1n) is 9.29. The molecule has 0 fully saturated rings. The van der Waals surface area contributed by atoms with E-state index in [0.717, 1.165) is 4.57 Å². The Hall–Kier alpha value is -2.90. The Labute approximate surface area is 172 Å². The zero-order valence-corrected chi connectivity index (χ0v) is 17.0. The summed E-state index contributed by atoms with van der Waals surface area (Å²) in [5, 5.41) is 3.37. The lowest BCUT2D eigenvalue weighted by molar-refractivity contribution is -0.124. The Morgan fingerprint density at radius 2 is 1.83 bits per heavy atom. The highest BCUT2D eigenvalue weighted by atomic mass is 35.5. The summed E-state index contributed by atoms with van der Waals surface area (Å²) in [6, 6.07) is 12.6. The van der Waals surface area contributed by atoms with Crippen LogP contribution in [0.5, 0.6) is 0 Å². The highest BCUT2D eigenvalue weighted by Crippen LogP contribution is 2.20. The number of rotatable bonds is 7. The van der Waals surface area contributed by atoms with Crippen molar-refractivity contribution in [2.75, 3.05) is 20.3 Å². The summed E-state index contributed by atoms with van der Waals surface area (Å²) in [6.45, 7) is 2.49. The van der Waals surface area contributed by atoms with Crippen molar-refractivity contribution in [3.63, 3.8) is 0 Å². The minimum absolute atomic E-state index is 0.270. The summed E-state index contributed by atoms with van der Waals surface area (Å²) in [5.74, 6) is -0.318. The van der Waals surface area contributed by atoms with Gasteiger partial charge in [-0.25, -0.2) is 9.36 Å². The van der Waals surface area contributed by atoms with E-state index < -0.39 is 17.3 Å². The maximum Gasteiger partial charge on any atom is 0.336 e. The lowest BCUT2D eigenvalue weighted by Crippen LogP contribution is -2.44. The molecule has 0 spiro atoms. The first kappa shape index (κ1) is 20.8. The van der Waals surface area contributed by atoms with Gasteiger partial charge in [0.15, 0.2) is 0 Å². The molecule has 1 aromatic heterocycles. The molecule has 3 rings (SSSR count). The molecule has 0 radical (unpaired) electrons. The number of carbonyl (C=O) groups is 1. The normalized spacial score (nSPS) is 12.1. The maximum atomic E-state index is 13.5. The Kier molecular flexibility index (Phi) is 6.51. The second kappa shape index (κ2) is 9.07. The second-order valence-electron chi connectivity index (χ2n) is 6.47. The van der Waals surface area contributed by atoms with Crippen LogP contribution in [0.25, 0.3) is 16.6 Å². The Morgan fingerprint density at radius 3 is 2.52 bits per heavy atom. The van der Waals surface area contributed by atoms with Crippen LogP contribution in [0.15, 0.2) is 58.1 Å². The molecule has 2 aromatic carbocycles. The fourth-order valence-electron chi connectivity index (χ4n) is 3.31. The molecule has 1 heterocycles. The smallest absolute Gasteiger partial charge is 0.336 e. The average molecular weight is 416 g/mol. The number of aromatic nitrogens is 2. The number of benzene rings is 2. The predicted molar refractivity (Wildman–Crippen MR) is 113 cm³/mol. The molecule has 0 saturated carbocycles. The lowest BCUT2D eigenvalue weighted by Gasteiger charge is -2.21. The van der Waals surface area contributed by atoms with Gasteiger partial charge in [0.05, 0.1) is 28.2 Å². The molecular formula is C21H22ClN3O4. The van der Waals surface area contributed by atoms with Crippen LogP contribution in [0.4, 0.5) is 0 Å². The number of amides is 1. The number of nitrogens with zero attached hydrogens (tertiary/aromatic N) is 2. The van der Waals surface area contributed by atoms with Crippen molar-refractivity contribution in [1.29, 1.82) is 0 Å². The first-order valence-corrected chi connectivity index (χ1v) is 9.66. The number of halogens is 1. The van der Waals surface area contributed by atoms with Crippen LogP contribution in [0.1, 0.15) is 19.4 Å². The number of ether oxygens (including phenoxy) is 1. The average Bonchev–Trinajstić information content (AvgIpc) is 2.72. The third kappa shape index (κ3) is 3.97. The van der Waals surface area contributed by atoms with Gasteiger partial charge in [0.1, 0.15) is 6.04 Å².